The van der Waals surface area contributed by atoms with Gasteiger partial charge in [0, 0.05) is 15.7 Å². The average molecular weight is 253 g/mol. The lowest BCUT2D eigenvalue weighted by Gasteiger charge is -2.15. The van der Waals surface area contributed by atoms with Crippen LogP contribution in [-0.4, -0.2) is 0 Å². The molecule has 2 atom stereocenters. The lowest BCUT2D eigenvalue weighted by atomic mass is 9.92. The SMILES string of the molecule is Cc1ccc([C@H]2c3cc(C#N)ccc3C[C@@H]2C)s1. The quantitative estimate of drug-likeness (QED) is 0.745. The van der Waals surface area contributed by atoms with Crippen molar-refractivity contribution in [2.45, 2.75) is 26.2 Å². The number of rotatable bonds is 1. The second-order valence-electron chi connectivity index (χ2n) is 5.13. The maximum Gasteiger partial charge on any atom is 0.0991 e. The van der Waals surface area contributed by atoms with Crippen LogP contribution in [0.4, 0.5) is 0 Å². The summed E-state index contributed by atoms with van der Waals surface area (Å²) in [5.41, 5.74) is 3.56. The minimum atomic E-state index is 0.479. The van der Waals surface area contributed by atoms with Gasteiger partial charge in [0.15, 0.2) is 0 Å². The average Bonchev–Trinajstić information content (AvgIpc) is 2.90. The van der Waals surface area contributed by atoms with E-state index in [1.165, 1.54) is 20.9 Å². The zero-order chi connectivity index (χ0) is 12.7. The highest BCUT2D eigenvalue weighted by Crippen LogP contribution is 2.44. The summed E-state index contributed by atoms with van der Waals surface area (Å²) < 4.78 is 0. The highest BCUT2D eigenvalue weighted by Gasteiger charge is 2.31. The molecule has 1 aliphatic carbocycles. The summed E-state index contributed by atoms with van der Waals surface area (Å²) >= 11 is 1.88. The molecule has 18 heavy (non-hydrogen) atoms. The van der Waals surface area contributed by atoms with E-state index in [-0.39, 0.29) is 0 Å². The van der Waals surface area contributed by atoms with E-state index >= 15 is 0 Å². The molecule has 0 spiro atoms. The van der Waals surface area contributed by atoms with Gasteiger partial charge < -0.3 is 0 Å². The monoisotopic (exact) mass is 253 g/mol. The molecule has 0 N–H and O–H groups in total. The number of fused-ring (bicyclic) bond motifs is 1. The highest BCUT2D eigenvalue weighted by molar-refractivity contribution is 7.12. The van der Waals surface area contributed by atoms with E-state index in [9.17, 15) is 0 Å². The first-order chi connectivity index (χ1) is 8.69. The maximum atomic E-state index is 9.05. The summed E-state index contributed by atoms with van der Waals surface area (Å²) in [5.74, 6) is 1.11. The van der Waals surface area contributed by atoms with Gasteiger partial charge in [0.05, 0.1) is 11.6 Å². The molecule has 1 aromatic carbocycles. The molecule has 1 heterocycles. The summed E-state index contributed by atoms with van der Waals surface area (Å²) in [6, 6.07) is 12.8. The normalized spacial score (nSPS) is 21.6. The number of nitrogens with zero attached hydrogens (tertiary/aromatic N) is 1. The van der Waals surface area contributed by atoms with E-state index in [0.29, 0.717) is 11.8 Å². The lowest BCUT2D eigenvalue weighted by molar-refractivity contribution is 0.564. The number of hydrogen-bond acceptors (Lipinski definition) is 2. The van der Waals surface area contributed by atoms with Crippen molar-refractivity contribution < 1.29 is 0 Å². The minimum Gasteiger partial charge on any atom is -0.192 e. The van der Waals surface area contributed by atoms with E-state index in [1.807, 2.05) is 17.4 Å². The third-order valence-corrected chi connectivity index (χ3v) is 4.87. The van der Waals surface area contributed by atoms with E-state index < -0.39 is 0 Å². The Labute approximate surface area is 112 Å². The smallest absolute Gasteiger partial charge is 0.0991 e. The van der Waals surface area contributed by atoms with Gasteiger partial charge in [-0.1, -0.05) is 13.0 Å². The third-order valence-electron chi connectivity index (χ3n) is 3.79. The molecular weight excluding hydrogens is 238 g/mol. The fraction of sp³-hybridized carbons (Fsp3) is 0.312. The molecule has 2 heteroatoms. The number of nitriles is 1. The molecule has 1 aromatic heterocycles. The molecule has 1 nitrogen and oxygen atoms in total. The first kappa shape index (κ1) is 11.5. The van der Waals surface area contributed by atoms with Gasteiger partial charge in [-0.2, -0.15) is 5.26 Å². The molecule has 0 fully saturated rings. The Kier molecular flexibility index (Phi) is 2.72. The minimum absolute atomic E-state index is 0.479. The molecule has 2 aromatic rings. The van der Waals surface area contributed by atoms with Gasteiger partial charge in [-0.3, -0.25) is 0 Å². The second-order valence-corrected chi connectivity index (χ2v) is 6.45. The highest BCUT2D eigenvalue weighted by atomic mass is 32.1. The van der Waals surface area contributed by atoms with E-state index in [4.69, 9.17) is 5.26 Å². The summed E-state index contributed by atoms with van der Waals surface area (Å²) in [6.07, 6.45) is 1.13. The fourth-order valence-corrected chi connectivity index (χ4v) is 4.10. The number of aryl methyl sites for hydroxylation is 1. The first-order valence-electron chi connectivity index (χ1n) is 6.28. The van der Waals surface area contributed by atoms with Crippen molar-refractivity contribution in [3.8, 4) is 6.07 Å². The second kappa shape index (κ2) is 4.26. The van der Waals surface area contributed by atoms with Crippen LogP contribution in [0.25, 0.3) is 0 Å². The lowest BCUT2D eigenvalue weighted by Crippen LogP contribution is -2.03. The maximum absolute atomic E-state index is 9.05. The van der Waals surface area contributed by atoms with Crippen LogP contribution >= 0.6 is 11.3 Å². The molecular formula is C16H15NS. The van der Waals surface area contributed by atoms with E-state index in [2.05, 4.69) is 44.2 Å². The number of benzene rings is 1. The van der Waals surface area contributed by atoms with Crippen LogP contribution in [0.1, 0.15) is 39.3 Å². The zero-order valence-electron chi connectivity index (χ0n) is 10.6. The van der Waals surface area contributed by atoms with Crippen molar-refractivity contribution in [3.63, 3.8) is 0 Å². The first-order valence-corrected chi connectivity index (χ1v) is 7.10. The van der Waals surface area contributed by atoms with Crippen LogP contribution in [0.5, 0.6) is 0 Å². The van der Waals surface area contributed by atoms with Gasteiger partial charge in [-0.25, -0.2) is 0 Å². The fourth-order valence-electron chi connectivity index (χ4n) is 2.97. The standard InChI is InChI=1S/C16H15NS/c1-10-7-13-5-4-12(9-17)8-14(13)16(10)15-6-3-11(2)18-15/h3-6,8,10,16H,7H2,1-2H3/t10-,16+/m0/s1. The number of thiophene rings is 1. The Hall–Kier alpha value is -1.59. The molecule has 1 aliphatic rings. The molecule has 90 valence electrons. The van der Waals surface area contributed by atoms with E-state index in [0.717, 1.165) is 12.0 Å². The summed E-state index contributed by atoms with van der Waals surface area (Å²) in [4.78, 5) is 2.80. The summed E-state index contributed by atoms with van der Waals surface area (Å²) in [7, 11) is 0. The predicted octanol–water partition coefficient (Wildman–Crippen LogP) is 4.25. The van der Waals surface area contributed by atoms with Crippen molar-refractivity contribution in [1.82, 2.24) is 0 Å². The van der Waals surface area contributed by atoms with Crippen molar-refractivity contribution in [2.24, 2.45) is 5.92 Å². The number of hydrogen-bond donors (Lipinski definition) is 0. The van der Waals surface area contributed by atoms with Crippen molar-refractivity contribution >= 4 is 11.3 Å². The Morgan fingerprint density at radius 3 is 2.78 bits per heavy atom. The topological polar surface area (TPSA) is 23.8 Å². The van der Waals surface area contributed by atoms with Gasteiger partial charge in [0.1, 0.15) is 0 Å². The van der Waals surface area contributed by atoms with Gasteiger partial charge >= 0.3 is 0 Å². The van der Waals surface area contributed by atoms with E-state index in [1.54, 1.807) is 0 Å². The van der Waals surface area contributed by atoms with Crippen LogP contribution in [-0.2, 0) is 6.42 Å². The predicted molar refractivity (Wildman–Crippen MR) is 74.9 cm³/mol. The van der Waals surface area contributed by atoms with Crippen molar-refractivity contribution in [3.05, 3.63) is 56.8 Å². The molecule has 0 saturated carbocycles. The van der Waals surface area contributed by atoms with Crippen LogP contribution in [0.15, 0.2) is 30.3 Å². The molecule has 3 rings (SSSR count). The van der Waals surface area contributed by atoms with Gasteiger partial charge in [0.25, 0.3) is 0 Å². The third kappa shape index (κ3) is 1.76. The largest absolute Gasteiger partial charge is 0.192 e. The molecule has 0 aliphatic heterocycles. The molecule has 0 radical (unpaired) electrons. The van der Waals surface area contributed by atoms with Crippen molar-refractivity contribution in [1.29, 1.82) is 5.26 Å². The van der Waals surface area contributed by atoms with Crippen molar-refractivity contribution in [2.75, 3.05) is 0 Å². The summed E-state index contributed by atoms with van der Waals surface area (Å²) in [5, 5.41) is 9.05. The van der Waals surface area contributed by atoms with Crippen LogP contribution in [0.2, 0.25) is 0 Å². The Morgan fingerprint density at radius 1 is 1.28 bits per heavy atom. The van der Waals surface area contributed by atoms with Crippen LogP contribution in [0, 0.1) is 24.2 Å². The molecule has 0 bridgehead atoms. The summed E-state index contributed by atoms with van der Waals surface area (Å²) in [6.45, 7) is 4.46. The van der Waals surface area contributed by atoms with Crippen LogP contribution < -0.4 is 0 Å². The Morgan fingerprint density at radius 2 is 2.11 bits per heavy atom. The Bertz CT molecular complexity index is 633. The molecule has 0 saturated heterocycles. The van der Waals surface area contributed by atoms with Crippen LogP contribution in [0.3, 0.4) is 0 Å². The molecule has 0 unspecified atom stereocenters. The zero-order valence-corrected chi connectivity index (χ0v) is 11.4. The van der Waals surface area contributed by atoms with Gasteiger partial charge in [-0.15, -0.1) is 11.3 Å². The van der Waals surface area contributed by atoms with Gasteiger partial charge in [-0.05, 0) is 54.7 Å². The van der Waals surface area contributed by atoms with Gasteiger partial charge in [0.2, 0.25) is 0 Å². The Balaban J connectivity index is 2.11. The molecule has 0 amide bonds.